The molecule has 2 unspecified atom stereocenters. The number of imide groups is 1. The second-order valence-electron chi connectivity index (χ2n) is 15.8. The van der Waals surface area contributed by atoms with Crippen LogP contribution in [0.15, 0.2) is 60.7 Å². The topological polar surface area (TPSA) is 121 Å². The SMILES string of the molecule is Cc1ccc2c(c1)CN(C1CCC(=O)NC1=O)C2=O.N#Cc1ccc(N2CCC(c3ccc(N4CCC(CNC5CCNC5)CC4)cc3)CC2)cc1C(F)(F)F. The third-order valence-corrected chi connectivity index (χ3v) is 12.1. The van der Waals surface area contributed by atoms with E-state index in [-0.39, 0.29) is 29.7 Å². The predicted molar refractivity (Wildman–Crippen MR) is 208 cm³/mol. The Morgan fingerprint density at radius 2 is 1.55 bits per heavy atom. The molecule has 56 heavy (non-hydrogen) atoms. The van der Waals surface area contributed by atoms with Gasteiger partial charge in [-0.15, -0.1) is 0 Å². The first kappa shape index (κ1) is 39.3. The summed E-state index contributed by atoms with van der Waals surface area (Å²) in [5.41, 5.74) is 4.67. The zero-order chi connectivity index (χ0) is 39.4. The highest BCUT2D eigenvalue weighted by atomic mass is 19.4. The third-order valence-electron chi connectivity index (χ3n) is 12.1. The molecule has 5 heterocycles. The zero-order valence-corrected chi connectivity index (χ0v) is 31.8. The van der Waals surface area contributed by atoms with Crippen LogP contribution in [0.2, 0.25) is 0 Å². The third kappa shape index (κ3) is 9.03. The lowest BCUT2D eigenvalue weighted by Gasteiger charge is -2.35. The molecule has 296 valence electrons. The van der Waals surface area contributed by atoms with E-state index in [9.17, 15) is 27.6 Å². The second-order valence-corrected chi connectivity index (χ2v) is 15.8. The number of nitrogens with one attached hydrogen (secondary N) is 3. The number of halogens is 3. The molecule has 2 atom stereocenters. The maximum Gasteiger partial charge on any atom is 0.417 e. The summed E-state index contributed by atoms with van der Waals surface area (Å²) in [6.07, 6.45) is 1.64. The van der Waals surface area contributed by atoms with Crippen LogP contribution in [0, 0.1) is 24.2 Å². The fourth-order valence-corrected chi connectivity index (χ4v) is 8.75. The van der Waals surface area contributed by atoms with Crippen molar-refractivity contribution in [3.63, 3.8) is 0 Å². The normalized spacial score (nSPS) is 22.1. The molecule has 0 aromatic heterocycles. The molecule has 5 aliphatic rings. The van der Waals surface area contributed by atoms with Crippen LogP contribution < -0.4 is 25.8 Å². The second kappa shape index (κ2) is 17.1. The molecule has 10 nitrogen and oxygen atoms in total. The number of aryl methyl sites for hydroxylation is 1. The van der Waals surface area contributed by atoms with E-state index >= 15 is 0 Å². The van der Waals surface area contributed by atoms with Crippen LogP contribution in [0.3, 0.4) is 0 Å². The number of carbonyl (C=O) groups excluding carboxylic acids is 3. The molecule has 0 spiro atoms. The van der Waals surface area contributed by atoms with Gasteiger partial charge < -0.3 is 25.3 Å². The van der Waals surface area contributed by atoms with E-state index in [1.54, 1.807) is 23.1 Å². The molecular formula is C43H50F3N7O3. The summed E-state index contributed by atoms with van der Waals surface area (Å²) in [5, 5.41) is 18.5. The van der Waals surface area contributed by atoms with Gasteiger partial charge in [0, 0.05) is 68.7 Å². The number of carbonyl (C=O) groups is 3. The lowest BCUT2D eigenvalue weighted by atomic mass is 9.88. The van der Waals surface area contributed by atoms with Crippen molar-refractivity contribution >= 4 is 29.1 Å². The highest BCUT2D eigenvalue weighted by molar-refractivity contribution is 6.05. The Labute approximate surface area is 326 Å². The van der Waals surface area contributed by atoms with Crippen LogP contribution in [0.5, 0.6) is 0 Å². The van der Waals surface area contributed by atoms with E-state index < -0.39 is 17.8 Å². The van der Waals surface area contributed by atoms with Crippen molar-refractivity contribution in [1.82, 2.24) is 20.9 Å². The summed E-state index contributed by atoms with van der Waals surface area (Å²) in [7, 11) is 0. The lowest BCUT2D eigenvalue weighted by molar-refractivity contribution is -0.138. The Morgan fingerprint density at radius 1 is 0.857 bits per heavy atom. The Balaban J connectivity index is 0.000000211. The Kier molecular flexibility index (Phi) is 12.0. The van der Waals surface area contributed by atoms with Gasteiger partial charge in [0.25, 0.3) is 5.91 Å². The van der Waals surface area contributed by atoms with Gasteiger partial charge in [0.05, 0.1) is 17.2 Å². The van der Waals surface area contributed by atoms with Crippen molar-refractivity contribution in [3.05, 3.63) is 94.0 Å². The molecule has 3 N–H and O–H groups in total. The average Bonchev–Trinajstić information content (AvgIpc) is 3.84. The minimum atomic E-state index is -4.53. The van der Waals surface area contributed by atoms with E-state index in [0.717, 1.165) is 68.7 Å². The first-order chi connectivity index (χ1) is 27.0. The summed E-state index contributed by atoms with van der Waals surface area (Å²) in [6.45, 7) is 9.36. The zero-order valence-electron chi connectivity index (χ0n) is 31.8. The Morgan fingerprint density at radius 3 is 2.21 bits per heavy atom. The molecule has 0 bridgehead atoms. The number of nitriles is 1. The molecular weight excluding hydrogens is 720 g/mol. The fraction of sp³-hybridized carbons (Fsp3) is 0.488. The average molecular weight is 770 g/mol. The van der Waals surface area contributed by atoms with Crippen molar-refractivity contribution in [2.75, 3.05) is 55.6 Å². The summed E-state index contributed by atoms with van der Waals surface area (Å²) in [5.74, 6) is 0.414. The Bertz CT molecular complexity index is 1940. The number of anilines is 2. The van der Waals surface area contributed by atoms with Crippen molar-refractivity contribution in [1.29, 1.82) is 5.26 Å². The van der Waals surface area contributed by atoms with E-state index in [2.05, 4.69) is 45.1 Å². The number of piperidine rings is 3. The first-order valence-electron chi connectivity index (χ1n) is 19.9. The van der Waals surface area contributed by atoms with Crippen molar-refractivity contribution in [2.24, 2.45) is 5.92 Å². The molecule has 0 radical (unpaired) electrons. The van der Waals surface area contributed by atoms with Crippen molar-refractivity contribution in [3.8, 4) is 6.07 Å². The smallest absolute Gasteiger partial charge is 0.372 e. The molecule has 5 aliphatic heterocycles. The van der Waals surface area contributed by atoms with Crippen LogP contribution in [-0.2, 0) is 22.3 Å². The van der Waals surface area contributed by atoms with Crippen LogP contribution >= 0.6 is 0 Å². The van der Waals surface area contributed by atoms with Gasteiger partial charge in [0.1, 0.15) is 6.04 Å². The van der Waals surface area contributed by atoms with Crippen molar-refractivity contribution < 1.29 is 27.6 Å². The van der Waals surface area contributed by atoms with Crippen LogP contribution in [0.1, 0.15) is 89.0 Å². The monoisotopic (exact) mass is 769 g/mol. The number of alkyl halides is 3. The summed E-state index contributed by atoms with van der Waals surface area (Å²) < 4.78 is 40.1. The maximum atomic E-state index is 13.4. The van der Waals surface area contributed by atoms with Gasteiger partial charge in [-0.25, -0.2) is 0 Å². The van der Waals surface area contributed by atoms with Crippen LogP contribution in [-0.4, -0.2) is 80.5 Å². The number of hydrogen-bond acceptors (Lipinski definition) is 8. The van der Waals surface area contributed by atoms with Gasteiger partial charge in [0.15, 0.2) is 0 Å². The van der Waals surface area contributed by atoms with E-state index in [1.165, 1.54) is 36.6 Å². The minimum Gasteiger partial charge on any atom is -0.372 e. The molecule has 3 aromatic rings. The number of benzene rings is 3. The van der Waals surface area contributed by atoms with Gasteiger partial charge in [-0.2, -0.15) is 18.4 Å². The van der Waals surface area contributed by atoms with Crippen LogP contribution in [0.4, 0.5) is 24.5 Å². The molecule has 4 fully saturated rings. The minimum absolute atomic E-state index is 0.121. The number of amides is 3. The van der Waals surface area contributed by atoms with Gasteiger partial charge in [-0.05, 0) is 118 Å². The molecule has 0 aliphatic carbocycles. The number of fused-ring (bicyclic) bond motifs is 1. The molecule has 4 saturated heterocycles. The largest absolute Gasteiger partial charge is 0.417 e. The summed E-state index contributed by atoms with van der Waals surface area (Å²) in [4.78, 5) is 41.3. The highest BCUT2D eigenvalue weighted by Gasteiger charge is 2.39. The number of hydrogen-bond donors (Lipinski definition) is 3. The molecule has 0 saturated carbocycles. The Hall–Kier alpha value is -4.93. The molecule has 13 heteroatoms. The molecule has 8 rings (SSSR count). The van der Waals surface area contributed by atoms with E-state index in [0.29, 0.717) is 49.3 Å². The van der Waals surface area contributed by atoms with Crippen LogP contribution in [0.25, 0.3) is 0 Å². The quantitative estimate of drug-likeness (QED) is 0.255. The first-order valence-corrected chi connectivity index (χ1v) is 19.9. The summed E-state index contributed by atoms with van der Waals surface area (Å²) >= 11 is 0. The van der Waals surface area contributed by atoms with Gasteiger partial charge in [0.2, 0.25) is 11.8 Å². The summed E-state index contributed by atoms with van der Waals surface area (Å²) in [6, 6.07) is 20.4. The highest BCUT2D eigenvalue weighted by Crippen LogP contribution is 2.37. The predicted octanol–water partition coefficient (Wildman–Crippen LogP) is 5.89. The molecule has 3 aromatic carbocycles. The number of nitrogens with zero attached hydrogens (tertiary/aromatic N) is 4. The van der Waals surface area contributed by atoms with Gasteiger partial charge in [-0.1, -0.05) is 29.8 Å². The number of rotatable bonds is 7. The van der Waals surface area contributed by atoms with Crippen molar-refractivity contribution in [2.45, 2.75) is 82.6 Å². The maximum absolute atomic E-state index is 13.4. The molecule has 3 amide bonds. The lowest BCUT2D eigenvalue weighted by Crippen LogP contribution is -2.52. The van der Waals surface area contributed by atoms with Gasteiger partial charge in [-0.3, -0.25) is 19.7 Å². The van der Waals surface area contributed by atoms with Gasteiger partial charge >= 0.3 is 6.18 Å². The standard InChI is InChI=1S/C29H36F3N5.C14H14N2O3/c30-29(31,32)28-17-27(6-3-24(28)18-33)37-15-10-23(11-16-37)22-1-4-26(5-2-22)36-13-8-21(9-14-36)19-35-25-7-12-34-20-25;1-8-2-3-10-9(6-8)7-16(14(10)19)11-4-5-12(17)15-13(11)18/h1-6,17,21,23,25,34-35H,7-16,19-20H2;2-3,6,11H,4-5,7H2,1H3,(H,15,17,18). The van der Waals surface area contributed by atoms with E-state index in [4.69, 9.17) is 5.26 Å². The van der Waals surface area contributed by atoms with E-state index in [1.807, 2.05) is 24.0 Å². The fourth-order valence-electron chi connectivity index (χ4n) is 8.75.